The summed E-state index contributed by atoms with van der Waals surface area (Å²) < 4.78 is 5.32. The minimum absolute atomic E-state index is 0.163. The molecule has 0 bridgehead atoms. The zero-order valence-electron chi connectivity index (χ0n) is 17.4. The van der Waals surface area contributed by atoms with Gasteiger partial charge in [-0.25, -0.2) is 4.79 Å². The van der Waals surface area contributed by atoms with Crippen LogP contribution in [0.15, 0.2) is 59.6 Å². The van der Waals surface area contributed by atoms with Crippen LogP contribution in [-0.2, 0) is 10.2 Å². The molecule has 2 aromatic rings. The lowest BCUT2D eigenvalue weighted by atomic mass is 9.68. The summed E-state index contributed by atoms with van der Waals surface area (Å²) in [6, 6.07) is 16.6. The van der Waals surface area contributed by atoms with E-state index in [1.54, 1.807) is 19.2 Å². The number of imide groups is 1. The Balaban J connectivity index is 1.52. The van der Waals surface area contributed by atoms with Crippen LogP contribution in [0.5, 0.6) is 5.75 Å². The standard InChI is InChI=1S/C24H25N3O4/c1-31-20-10-6-5-9-19(20)22(29)26-16-24(17-7-3-2-4-8-17)13-11-18(12-14-24)27-21(28)15-25-23(27)30/h2-10,15,18H,11-14,16H2,1H3,(H,26,29). The van der Waals surface area contributed by atoms with Gasteiger partial charge in [0.05, 0.1) is 18.9 Å². The summed E-state index contributed by atoms with van der Waals surface area (Å²) in [6.07, 6.45) is 3.91. The smallest absolute Gasteiger partial charge is 0.350 e. The van der Waals surface area contributed by atoms with E-state index in [2.05, 4.69) is 22.4 Å². The molecular weight excluding hydrogens is 394 g/mol. The number of methoxy groups -OCH3 is 1. The van der Waals surface area contributed by atoms with Gasteiger partial charge < -0.3 is 10.1 Å². The summed E-state index contributed by atoms with van der Waals surface area (Å²) in [6.45, 7) is 0.457. The Labute approximate surface area is 181 Å². The van der Waals surface area contributed by atoms with Crippen LogP contribution in [-0.4, -0.2) is 48.7 Å². The summed E-state index contributed by atoms with van der Waals surface area (Å²) >= 11 is 0. The van der Waals surface area contributed by atoms with Gasteiger partial charge in [0.15, 0.2) is 0 Å². The Kier molecular flexibility index (Phi) is 5.84. The van der Waals surface area contributed by atoms with Crippen molar-refractivity contribution in [3.63, 3.8) is 0 Å². The highest BCUT2D eigenvalue weighted by Gasteiger charge is 2.42. The molecule has 1 fully saturated rings. The molecule has 7 heteroatoms. The van der Waals surface area contributed by atoms with E-state index in [0.29, 0.717) is 30.7 Å². The molecule has 0 radical (unpaired) electrons. The number of benzene rings is 2. The van der Waals surface area contributed by atoms with Gasteiger partial charge in [-0.05, 0) is 43.4 Å². The molecule has 1 saturated carbocycles. The molecule has 1 heterocycles. The third-order valence-corrected chi connectivity index (χ3v) is 6.33. The second-order valence-electron chi connectivity index (χ2n) is 8.01. The molecule has 0 saturated heterocycles. The van der Waals surface area contributed by atoms with Crippen molar-refractivity contribution >= 4 is 24.1 Å². The van der Waals surface area contributed by atoms with Crippen LogP contribution >= 0.6 is 0 Å². The molecule has 4 amide bonds. The first-order valence-electron chi connectivity index (χ1n) is 10.4. The van der Waals surface area contributed by atoms with Crippen molar-refractivity contribution in [1.29, 1.82) is 0 Å². The minimum atomic E-state index is -0.480. The lowest BCUT2D eigenvalue weighted by Crippen LogP contribution is -2.49. The molecule has 2 aromatic carbocycles. The maximum atomic E-state index is 12.9. The summed E-state index contributed by atoms with van der Waals surface area (Å²) in [5.74, 6) is 0.00314. The monoisotopic (exact) mass is 419 g/mol. The molecule has 0 spiro atoms. The predicted octanol–water partition coefficient (Wildman–Crippen LogP) is 3.34. The van der Waals surface area contributed by atoms with E-state index < -0.39 is 6.03 Å². The number of urea groups is 1. The largest absolute Gasteiger partial charge is 0.496 e. The van der Waals surface area contributed by atoms with Crippen LogP contribution in [0.1, 0.15) is 41.6 Å². The summed E-state index contributed by atoms with van der Waals surface area (Å²) in [5.41, 5.74) is 1.36. The Morgan fingerprint density at radius 3 is 2.42 bits per heavy atom. The van der Waals surface area contributed by atoms with Crippen molar-refractivity contribution in [2.24, 2.45) is 4.99 Å². The first-order chi connectivity index (χ1) is 15.0. The number of amides is 4. The fourth-order valence-electron chi connectivity index (χ4n) is 4.61. The van der Waals surface area contributed by atoms with E-state index in [9.17, 15) is 14.4 Å². The second-order valence-corrected chi connectivity index (χ2v) is 8.01. The van der Waals surface area contributed by atoms with Crippen LogP contribution in [0, 0.1) is 0 Å². The maximum Gasteiger partial charge on any atom is 0.350 e. The predicted molar refractivity (Wildman–Crippen MR) is 116 cm³/mol. The Hall–Kier alpha value is -3.48. The van der Waals surface area contributed by atoms with Crippen molar-refractivity contribution in [3.8, 4) is 5.75 Å². The third-order valence-electron chi connectivity index (χ3n) is 6.33. The fraction of sp³-hybridized carbons (Fsp3) is 0.333. The Morgan fingerprint density at radius 2 is 1.77 bits per heavy atom. The molecule has 7 nitrogen and oxygen atoms in total. The molecule has 0 atom stereocenters. The number of hydrogen-bond donors (Lipinski definition) is 1. The van der Waals surface area contributed by atoms with Gasteiger partial charge in [-0.3, -0.25) is 14.5 Å². The number of carbonyl (C=O) groups is 3. The SMILES string of the molecule is COc1ccccc1C(=O)NCC1(c2ccccc2)CCC(N2C(=O)C=NC2=O)CC1. The molecule has 0 aromatic heterocycles. The maximum absolute atomic E-state index is 12.9. The van der Waals surface area contributed by atoms with Crippen LogP contribution in [0.4, 0.5) is 4.79 Å². The number of aliphatic imine (C=N–C) groups is 1. The van der Waals surface area contributed by atoms with Crippen molar-refractivity contribution in [1.82, 2.24) is 10.2 Å². The third kappa shape index (κ3) is 4.08. The fourth-order valence-corrected chi connectivity index (χ4v) is 4.61. The number of rotatable bonds is 6. The zero-order chi connectivity index (χ0) is 21.8. The number of nitrogens with one attached hydrogen (secondary N) is 1. The van der Waals surface area contributed by atoms with E-state index in [1.165, 1.54) is 4.90 Å². The minimum Gasteiger partial charge on any atom is -0.496 e. The molecule has 1 N–H and O–H groups in total. The number of ether oxygens (including phenoxy) is 1. The highest BCUT2D eigenvalue weighted by molar-refractivity contribution is 6.35. The van der Waals surface area contributed by atoms with Gasteiger partial charge in [-0.15, -0.1) is 0 Å². The second kappa shape index (κ2) is 8.71. The molecular formula is C24H25N3O4. The lowest BCUT2D eigenvalue weighted by Gasteiger charge is -2.42. The zero-order valence-corrected chi connectivity index (χ0v) is 17.4. The van der Waals surface area contributed by atoms with Gasteiger partial charge in [0.25, 0.3) is 11.8 Å². The number of hydrogen-bond acceptors (Lipinski definition) is 4. The van der Waals surface area contributed by atoms with Gasteiger partial charge in [0.1, 0.15) is 5.75 Å². The van der Waals surface area contributed by atoms with Crippen molar-refractivity contribution in [2.45, 2.75) is 37.1 Å². The van der Waals surface area contributed by atoms with Crippen molar-refractivity contribution in [2.75, 3.05) is 13.7 Å². The molecule has 1 aliphatic carbocycles. The van der Waals surface area contributed by atoms with Gasteiger partial charge in [-0.2, -0.15) is 4.99 Å². The Bertz CT molecular complexity index is 992. The molecule has 2 aliphatic rings. The number of carbonyl (C=O) groups excluding carboxylic acids is 3. The summed E-state index contributed by atoms with van der Waals surface area (Å²) in [7, 11) is 1.55. The Morgan fingerprint density at radius 1 is 1.10 bits per heavy atom. The average Bonchev–Trinajstić information content (AvgIpc) is 3.16. The molecule has 0 unspecified atom stereocenters. The van der Waals surface area contributed by atoms with Gasteiger partial charge in [0.2, 0.25) is 0 Å². The van der Waals surface area contributed by atoms with E-state index >= 15 is 0 Å². The first kappa shape index (κ1) is 20.8. The van der Waals surface area contributed by atoms with Gasteiger partial charge in [-0.1, -0.05) is 42.5 Å². The molecule has 160 valence electrons. The summed E-state index contributed by atoms with van der Waals surface area (Å²) in [5, 5.41) is 3.09. The van der Waals surface area contributed by atoms with Crippen LogP contribution in [0.2, 0.25) is 0 Å². The van der Waals surface area contributed by atoms with Gasteiger partial charge in [0, 0.05) is 18.0 Å². The first-order valence-corrected chi connectivity index (χ1v) is 10.4. The average molecular weight is 419 g/mol. The highest BCUT2D eigenvalue weighted by atomic mass is 16.5. The van der Waals surface area contributed by atoms with Crippen LogP contribution in [0.3, 0.4) is 0 Å². The summed E-state index contributed by atoms with van der Waals surface area (Å²) in [4.78, 5) is 41.8. The van der Waals surface area contributed by atoms with Crippen molar-refractivity contribution in [3.05, 3.63) is 65.7 Å². The molecule has 31 heavy (non-hydrogen) atoms. The topological polar surface area (TPSA) is 88.1 Å². The van der Waals surface area contributed by atoms with Gasteiger partial charge >= 0.3 is 6.03 Å². The van der Waals surface area contributed by atoms with E-state index in [1.807, 2.05) is 30.3 Å². The van der Waals surface area contributed by atoms with Crippen LogP contribution < -0.4 is 10.1 Å². The van der Waals surface area contributed by atoms with E-state index in [-0.39, 0.29) is 23.3 Å². The highest BCUT2D eigenvalue weighted by Crippen LogP contribution is 2.41. The quantitative estimate of drug-likeness (QED) is 0.778. The van der Waals surface area contributed by atoms with E-state index in [4.69, 9.17) is 4.74 Å². The molecule has 1 aliphatic heterocycles. The normalized spacial score (nSPS) is 23.1. The van der Waals surface area contributed by atoms with Crippen molar-refractivity contribution < 1.29 is 19.1 Å². The van der Waals surface area contributed by atoms with Crippen LogP contribution in [0.25, 0.3) is 0 Å². The lowest BCUT2D eigenvalue weighted by molar-refractivity contribution is -0.122. The molecule has 4 rings (SSSR count). The van der Waals surface area contributed by atoms with E-state index in [0.717, 1.165) is 24.6 Å². The number of para-hydroxylation sites is 1. The number of nitrogens with zero attached hydrogens (tertiary/aromatic N) is 2.